The number of carboxylic acid groups (broad SMARTS) is 1. The zero-order valence-corrected chi connectivity index (χ0v) is 18.5. The molecule has 0 spiro atoms. The van der Waals surface area contributed by atoms with E-state index in [1.54, 1.807) is 55.6 Å². The molecule has 0 bridgehead atoms. The van der Waals surface area contributed by atoms with Crippen molar-refractivity contribution in [3.8, 4) is 5.75 Å². The Bertz CT molecular complexity index is 1170. The fourth-order valence-electron chi connectivity index (χ4n) is 2.75. The van der Waals surface area contributed by atoms with E-state index in [0.29, 0.717) is 27.0 Å². The van der Waals surface area contributed by atoms with E-state index in [1.165, 1.54) is 30.3 Å². The van der Waals surface area contributed by atoms with Gasteiger partial charge in [-0.15, -0.1) is 0 Å². The summed E-state index contributed by atoms with van der Waals surface area (Å²) in [6, 6.07) is 19.5. The second-order valence-corrected chi connectivity index (χ2v) is 7.46. The summed E-state index contributed by atoms with van der Waals surface area (Å²) < 4.78 is 5.73. The highest BCUT2D eigenvalue weighted by Crippen LogP contribution is 2.18. The van der Waals surface area contributed by atoms with Crippen LogP contribution in [0.3, 0.4) is 0 Å². The number of benzene rings is 3. The SMILES string of the molecule is COc1ccc(C=C(NC(=O)c2ccccc2Br)C(=O)Nc2ccc(C(=O)O)cc2)cc1. The van der Waals surface area contributed by atoms with Crippen molar-refractivity contribution in [2.24, 2.45) is 0 Å². The van der Waals surface area contributed by atoms with Crippen LogP contribution in [-0.4, -0.2) is 30.0 Å². The fraction of sp³-hybridized carbons (Fsp3) is 0.0417. The molecule has 3 aromatic rings. The van der Waals surface area contributed by atoms with Gasteiger partial charge in [-0.25, -0.2) is 4.79 Å². The predicted molar refractivity (Wildman–Crippen MR) is 125 cm³/mol. The lowest BCUT2D eigenvalue weighted by atomic mass is 10.1. The van der Waals surface area contributed by atoms with Crippen LogP contribution in [0.2, 0.25) is 0 Å². The minimum absolute atomic E-state index is 0.0123. The van der Waals surface area contributed by atoms with Crippen LogP contribution in [0.4, 0.5) is 5.69 Å². The molecule has 0 aliphatic heterocycles. The van der Waals surface area contributed by atoms with Gasteiger partial charge in [-0.05, 0) is 76.1 Å². The average Bonchev–Trinajstić information content (AvgIpc) is 2.79. The average molecular weight is 495 g/mol. The van der Waals surface area contributed by atoms with E-state index in [4.69, 9.17) is 9.84 Å². The molecule has 0 saturated carbocycles. The Balaban J connectivity index is 1.88. The molecule has 162 valence electrons. The topological polar surface area (TPSA) is 105 Å². The number of nitrogens with one attached hydrogen (secondary N) is 2. The molecule has 3 N–H and O–H groups in total. The molecule has 0 radical (unpaired) electrons. The first kappa shape index (κ1) is 22.8. The number of carbonyl (C=O) groups excluding carboxylic acids is 2. The van der Waals surface area contributed by atoms with E-state index in [9.17, 15) is 14.4 Å². The van der Waals surface area contributed by atoms with Gasteiger partial charge in [0.2, 0.25) is 0 Å². The van der Waals surface area contributed by atoms with E-state index in [1.807, 2.05) is 0 Å². The number of aromatic carboxylic acids is 1. The summed E-state index contributed by atoms with van der Waals surface area (Å²) in [6.07, 6.45) is 1.54. The van der Waals surface area contributed by atoms with Crippen LogP contribution >= 0.6 is 15.9 Å². The molecule has 0 aromatic heterocycles. The van der Waals surface area contributed by atoms with E-state index >= 15 is 0 Å². The fourth-order valence-corrected chi connectivity index (χ4v) is 3.22. The van der Waals surface area contributed by atoms with Gasteiger partial charge in [-0.2, -0.15) is 0 Å². The van der Waals surface area contributed by atoms with Gasteiger partial charge in [0, 0.05) is 10.2 Å². The van der Waals surface area contributed by atoms with E-state index in [-0.39, 0.29) is 11.3 Å². The quantitative estimate of drug-likeness (QED) is 0.417. The van der Waals surface area contributed by atoms with Crippen molar-refractivity contribution in [1.82, 2.24) is 5.32 Å². The normalized spacial score (nSPS) is 10.9. The molecule has 0 saturated heterocycles. The van der Waals surface area contributed by atoms with Gasteiger partial charge in [0.15, 0.2) is 0 Å². The van der Waals surface area contributed by atoms with Crippen LogP contribution in [0.1, 0.15) is 26.3 Å². The van der Waals surface area contributed by atoms with Gasteiger partial charge in [0.05, 0.1) is 18.2 Å². The van der Waals surface area contributed by atoms with E-state index in [0.717, 1.165) is 0 Å². The van der Waals surface area contributed by atoms with Crippen molar-refractivity contribution in [2.45, 2.75) is 0 Å². The number of carbonyl (C=O) groups is 3. The molecular formula is C24H19BrN2O5. The third kappa shape index (κ3) is 5.83. The summed E-state index contributed by atoms with van der Waals surface area (Å²) in [5, 5.41) is 14.3. The first-order valence-corrected chi connectivity index (χ1v) is 10.2. The molecule has 2 amide bonds. The summed E-state index contributed by atoms with van der Waals surface area (Å²) in [6.45, 7) is 0. The first-order valence-electron chi connectivity index (χ1n) is 9.43. The summed E-state index contributed by atoms with van der Waals surface area (Å²) in [4.78, 5) is 36.8. The standard InChI is InChI=1S/C24H19BrN2O5/c1-32-18-12-6-15(7-13-18)14-21(27-22(28)19-4-2-3-5-20(19)25)23(29)26-17-10-8-16(9-11-17)24(30)31/h2-14H,1H3,(H,26,29)(H,27,28)(H,30,31). The lowest BCUT2D eigenvalue weighted by molar-refractivity contribution is -0.113. The predicted octanol–water partition coefficient (Wildman–Crippen LogP) is 4.57. The molecule has 0 unspecified atom stereocenters. The Morgan fingerprint density at radius 2 is 1.59 bits per heavy atom. The molecule has 3 rings (SSSR count). The van der Waals surface area contributed by atoms with Crippen molar-refractivity contribution >= 4 is 45.5 Å². The van der Waals surface area contributed by atoms with Gasteiger partial charge in [-0.3, -0.25) is 9.59 Å². The summed E-state index contributed by atoms with van der Waals surface area (Å²) in [7, 11) is 1.55. The highest BCUT2D eigenvalue weighted by Gasteiger charge is 2.17. The number of ether oxygens (including phenoxy) is 1. The molecule has 0 heterocycles. The molecule has 0 aliphatic rings. The third-order valence-corrected chi connectivity index (χ3v) is 5.12. The lowest BCUT2D eigenvalue weighted by Gasteiger charge is -2.12. The van der Waals surface area contributed by atoms with Gasteiger partial charge in [-0.1, -0.05) is 24.3 Å². The van der Waals surface area contributed by atoms with Crippen LogP contribution in [-0.2, 0) is 4.79 Å². The van der Waals surface area contributed by atoms with Crippen molar-refractivity contribution in [1.29, 1.82) is 0 Å². The number of methoxy groups -OCH3 is 1. The number of carboxylic acids is 1. The molecule has 7 nitrogen and oxygen atoms in total. The highest BCUT2D eigenvalue weighted by molar-refractivity contribution is 9.10. The molecule has 32 heavy (non-hydrogen) atoms. The molecule has 8 heteroatoms. The molecule has 0 atom stereocenters. The number of rotatable bonds is 7. The van der Waals surface area contributed by atoms with Gasteiger partial charge in [0.25, 0.3) is 11.8 Å². The number of anilines is 1. The van der Waals surface area contributed by atoms with Crippen molar-refractivity contribution in [3.05, 3.63) is 99.7 Å². The lowest BCUT2D eigenvalue weighted by Crippen LogP contribution is -2.31. The Morgan fingerprint density at radius 3 is 2.19 bits per heavy atom. The van der Waals surface area contributed by atoms with Gasteiger partial charge < -0.3 is 20.5 Å². The van der Waals surface area contributed by atoms with Crippen LogP contribution in [0, 0.1) is 0 Å². The second kappa shape index (κ2) is 10.4. The molecule has 0 aliphatic carbocycles. The second-order valence-electron chi connectivity index (χ2n) is 6.60. The summed E-state index contributed by atoms with van der Waals surface area (Å²) in [5.74, 6) is -1.44. The van der Waals surface area contributed by atoms with Gasteiger partial charge >= 0.3 is 5.97 Å². The number of hydrogen-bond acceptors (Lipinski definition) is 4. The smallest absolute Gasteiger partial charge is 0.335 e. The van der Waals surface area contributed by atoms with E-state index in [2.05, 4.69) is 26.6 Å². The molecule has 0 fully saturated rings. The van der Waals surface area contributed by atoms with Gasteiger partial charge in [0.1, 0.15) is 11.4 Å². The molecule has 3 aromatic carbocycles. The van der Waals surface area contributed by atoms with Crippen molar-refractivity contribution in [3.63, 3.8) is 0 Å². The Labute approximate surface area is 192 Å². The Hall–Kier alpha value is -3.91. The highest BCUT2D eigenvalue weighted by atomic mass is 79.9. The van der Waals surface area contributed by atoms with Crippen molar-refractivity contribution < 1.29 is 24.2 Å². The zero-order chi connectivity index (χ0) is 23.1. The number of amides is 2. The van der Waals surface area contributed by atoms with Crippen LogP contribution in [0.5, 0.6) is 5.75 Å². The maximum Gasteiger partial charge on any atom is 0.335 e. The number of halogens is 1. The maximum absolute atomic E-state index is 13.0. The Kier molecular flexibility index (Phi) is 7.41. The minimum atomic E-state index is -1.07. The van der Waals surface area contributed by atoms with Crippen molar-refractivity contribution in [2.75, 3.05) is 12.4 Å². The van der Waals surface area contributed by atoms with E-state index < -0.39 is 17.8 Å². The monoisotopic (exact) mass is 494 g/mol. The summed E-state index contributed by atoms with van der Waals surface area (Å²) >= 11 is 3.34. The van der Waals surface area contributed by atoms with Crippen LogP contribution in [0.25, 0.3) is 6.08 Å². The summed E-state index contributed by atoms with van der Waals surface area (Å²) in [5.41, 5.74) is 1.53. The Morgan fingerprint density at radius 1 is 0.938 bits per heavy atom. The largest absolute Gasteiger partial charge is 0.497 e. The minimum Gasteiger partial charge on any atom is -0.497 e. The first-order chi connectivity index (χ1) is 15.4. The van der Waals surface area contributed by atoms with Crippen LogP contribution in [0.15, 0.2) is 83.0 Å². The number of hydrogen-bond donors (Lipinski definition) is 3. The zero-order valence-electron chi connectivity index (χ0n) is 17.0. The molecular weight excluding hydrogens is 476 g/mol. The maximum atomic E-state index is 13.0. The van der Waals surface area contributed by atoms with Crippen LogP contribution < -0.4 is 15.4 Å². The third-order valence-electron chi connectivity index (χ3n) is 4.43.